The number of methoxy groups -OCH3 is 1. The van der Waals surface area contributed by atoms with Crippen molar-refractivity contribution in [3.63, 3.8) is 0 Å². The number of hydrogen-bond donors (Lipinski definition) is 2. The van der Waals surface area contributed by atoms with Crippen LogP contribution in [0.5, 0.6) is 5.75 Å². The van der Waals surface area contributed by atoms with Crippen molar-refractivity contribution in [1.29, 1.82) is 0 Å². The van der Waals surface area contributed by atoms with E-state index in [4.69, 9.17) is 15.2 Å². The molecule has 0 atom stereocenters. The quantitative estimate of drug-likeness (QED) is 0.783. The number of hydrogen-bond acceptors (Lipinski definition) is 7. The molecule has 0 spiro atoms. The summed E-state index contributed by atoms with van der Waals surface area (Å²) in [6.07, 6.45) is 1.19. The summed E-state index contributed by atoms with van der Waals surface area (Å²) in [6, 6.07) is 3.73. The Morgan fingerprint density at radius 1 is 1.24 bits per heavy atom. The molecule has 1 aromatic heterocycles. The Morgan fingerprint density at radius 3 is 2.62 bits per heavy atom. The number of rotatable bonds is 4. The maximum absolute atomic E-state index is 12.7. The summed E-state index contributed by atoms with van der Waals surface area (Å²) < 4.78 is 11.9. The number of likely N-dealkylation sites (tertiary alicyclic amines) is 1. The van der Waals surface area contributed by atoms with Gasteiger partial charge in [-0.25, -0.2) is 9.78 Å². The number of nitrogens with one attached hydrogen (secondary N) is 1. The molecular weight excluding hydrogens is 394 g/mol. The summed E-state index contributed by atoms with van der Waals surface area (Å²) >= 11 is 1.44. The number of ether oxygens (including phenoxy) is 2. The number of primary amides is 1. The second kappa shape index (κ2) is 8.42. The van der Waals surface area contributed by atoms with E-state index in [1.54, 1.807) is 12.0 Å². The highest BCUT2D eigenvalue weighted by atomic mass is 32.1. The fraction of sp³-hybridized carbons (Fsp3) is 0.526. The van der Waals surface area contributed by atoms with Crippen LogP contribution in [0.15, 0.2) is 12.1 Å². The normalized spacial score (nSPS) is 18.1. The molecule has 9 nitrogen and oxygen atoms in total. The highest BCUT2D eigenvalue weighted by Gasteiger charge is 2.27. The van der Waals surface area contributed by atoms with Crippen LogP contribution in [0.1, 0.15) is 12.8 Å². The predicted molar refractivity (Wildman–Crippen MR) is 112 cm³/mol. The first kappa shape index (κ1) is 19.7. The van der Waals surface area contributed by atoms with Gasteiger partial charge in [-0.1, -0.05) is 11.3 Å². The van der Waals surface area contributed by atoms with Gasteiger partial charge in [0.05, 0.1) is 30.7 Å². The smallest absolute Gasteiger partial charge is 0.323 e. The number of amides is 3. The van der Waals surface area contributed by atoms with E-state index in [2.05, 4.69) is 15.2 Å². The lowest BCUT2D eigenvalue weighted by atomic mass is 9.96. The highest BCUT2D eigenvalue weighted by Crippen LogP contribution is 2.39. The average Bonchev–Trinajstić information content (AvgIpc) is 3.17. The minimum atomic E-state index is -0.293. The number of fused-ring (bicyclic) bond motifs is 1. The van der Waals surface area contributed by atoms with Crippen LogP contribution in [-0.4, -0.2) is 68.3 Å². The molecule has 10 heteroatoms. The number of nitrogens with two attached hydrogens (primary N) is 1. The Labute approximate surface area is 172 Å². The zero-order valence-corrected chi connectivity index (χ0v) is 17.2. The number of anilines is 2. The first-order valence-electron chi connectivity index (χ1n) is 9.72. The monoisotopic (exact) mass is 419 g/mol. The van der Waals surface area contributed by atoms with Crippen molar-refractivity contribution in [3.05, 3.63) is 12.1 Å². The van der Waals surface area contributed by atoms with Crippen LogP contribution >= 0.6 is 11.3 Å². The maximum atomic E-state index is 12.7. The van der Waals surface area contributed by atoms with Crippen molar-refractivity contribution >= 4 is 44.3 Å². The molecule has 0 aliphatic carbocycles. The Kier molecular flexibility index (Phi) is 5.72. The van der Waals surface area contributed by atoms with Gasteiger partial charge >= 0.3 is 6.03 Å². The van der Waals surface area contributed by atoms with E-state index in [-0.39, 0.29) is 17.9 Å². The standard InChI is InChI=1S/C19H25N5O4S/c1-27-14-3-2-13(23-8-10-28-11-9-23)16-15(14)21-18(29-16)22-19(26)24-6-4-12(5-7-24)17(20)25/h2-3,12H,4-11H2,1H3,(H2,20,25)(H,21,22,26). The number of morpholine rings is 1. The zero-order valence-electron chi connectivity index (χ0n) is 16.3. The topological polar surface area (TPSA) is 110 Å². The molecule has 3 amide bonds. The van der Waals surface area contributed by atoms with E-state index in [1.807, 2.05) is 12.1 Å². The molecule has 2 aliphatic rings. The number of benzene rings is 1. The maximum Gasteiger partial charge on any atom is 0.323 e. The predicted octanol–water partition coefficient (Wildman–Crippen LogP) is 1.87. The molecule has 2 aliphatic heterocycles. The molecule has 0 unspecified atom stereocenters. The van der Waals surface area contributed by atoms with Gasteiger partial charge in [-0.15, -0.1) is 0 Å². The van der Waals surface area contributed by atoms with E-state index in [1.165, 1.54) is 11.3 Å². The Bertz CT molecular complexity index is 903. The summed E-state index contributed by atoms with van der Waals surface area (Å²) in [5, 5.41) is 3.43. The van der Waals surface area contributed by atoms with Crippen molar-refractivity contribution in [2.75, 3.05) is 56.7 Å². The number of urea groups is 1. The van der Waals surface area contributed by atoms with E-state index >= 15 is 0 Å². The highest BCUT2D eigenvalue weighted by molar-refractivity contribution is 7.23. The van der Waals surface area contributed by atoms with Crippen molar-refractivity contribution in [2.24, 2.45) is 11.7 Å². The first-order chi connectivity index (χ1) is 14.1. The Hall–Kier alpha value is -2.59. The van der Waals surface area contributed by atoms with Gasteiger partial charge in [-0.2, -0.15) is 0 Å². The van der Waals surface area contributed by atoms with Crippen molar-refractivity contribution in [2.45, 2.75) is 12.8 Å². The van der Waals surface area contributed by atoms with Crippen molar-refractivity contribution < 1.29 is 19.1 Å². The molecule has 3 N–H and O–H groups in total. The number of carbonyl (C=O) groups is 2. The lowest BCUT2D eigenvalue weighted by molar-refractivity contribution is -0.122. The van der Waals surface area contributed by atoms with Gasteiger partial charge in [-0.3, -0.25) is 10.1 Å². The van der Waals surface area contributed by atoms with Crippen molar-refractivity contribution in [3.8, 4) is 5.75 Å². The van der Waals surface area contributed by atoms with Crippen LogP contribution in [-0.2, 0) is 9.53 Å². The average molecular weight is 420 g/mol. The third-order valence-corrected chi connectivity index (χ3v) is 6.45. The molecule has 0 bridgehead atoms. The van der Waals surface area contributed by atoms with Gasteiger partial charge in [0.1, 0.15) is 11.3 Å². The summed E-state index contributed by atoms with van der Waals surface area (Å²) in [4.78, 5) is 32.6. The van der Waals surface area contributed by atoms with Crippen molar-refractivity contribution in [1.82, 2.24) is 9.88 Å². The minimum Gasteiger partial charge on any atom is -0.494 e. The summed E-state index contributed by atoms with van der Waals surface area (Å²) in [5.74, 6) is 0.233. The summed E-state index contributed by atoms with van der Waals surface area (Å²) in [7, 11) is 1.61. The van der Waals surface area contributed by atoms with Crippen LogP contribution in [0.4, 0.5) is 15.6 Å². The number of thiazole rings is 1. The van der Waals surface area contributed by atoms with Gasteiger partial charge in [0.2, 0.25) is 5.91 Å². The van der Waals surface area contributed by atoms with Gasteiger partial charge in [0, 0.05) is 32.1 Å². The van der Waals surface area contributed by atoms with Crippen LogP contribution in [0.25, 0.3) is 10.2 Å². The molecule has 2 fully saturated rings. The molecule has 29 heavy (non-hydrogen) atoms. The molecule has 0 saturated carbocycles. The lowest BCUT2D eigenvalue weighted by Gasteiger charge is -2.30. The van der Waals surface area contributed by atoms with Gasteiger partial charge in [-0.05, 0) is 25.0 Å². The second-order valence-corrected chi connectivity index (χ2v) is 8.18. The molecule has 1 aromatic carbocycles. The fourth-order valence-corrected chi connectivity index (χ4v) is 4.79. The molecule has 4 rings (SSSR count). The number of piperidine rings is 1. The van der Waals surface area contributed by atoms with Gasteiger partial charge < -0.3 is 25.0 Å². The number of aromatic nitrogens is 1. The summed E-state index contributed by atoms with van der Waals surface area (Å²) in [6.45, 7) is 4.03. The third-order valence-electron chi connectivity index (χ3n) is 5.46. The second-order valence-electron chi connectivity index (χ2n) is 7.18. The van der Waals surface area contributed by atoms with E-state index in [9.17, 15) is 9.59 Å². The molecule has 0 radical (unpaired) electrons. The van der Waals surface area contributed by atoms with E-state index in [0.717, 1.165) is 29.0 Å². The molecule has 2 saturated heterocycles. The van der Waals surface area contributed by atoms with Crippen LogP contribution < -0.4 is 20.7 Å². The fourth-order valence-electron chi connectivity index (χ4n) is 3.78. The van der Waals surface area contributed by atoms with Gasteiger partial charge in [0.25, 0.3) is 0 Å². The minimum absolute atomic E-state index is 0.151. The van der Waals surface area contributed by atoms with E-state index < -0.39 is 0 Å². The number of carbonyl (C=O) groups excluding carboxylic acids is 2. The third kappa shape index (κ3) is 4.08. The van der Waals surface area contributed by atoms with Crippen LogP contribution in [0, 0.1) is 5.92 Å². The largest absolute Gasteiger partial charge is 0.494 e. The first-order valence-corrected chi connectivity index (χ1v) is 10.5. The molecule has 3 heterocycles. The molecule has 2 aromatic rings. The number of nitrogens with zero attached hydrogens (tertiary/aromatic N) is 3. The SMILES string of the molecule is COc1ccc(N2CCOCC2)c2sc(NC(=O)N3CCC(C(N)=O)CC3)nc12. The molecule has 156 valence electrons. The molecular formula is C19H25N5O4S. The lowest BCUT2D eigenvalue weighted by Crippen LogP contribution is -2.43. The van der Waals surface area contributed by atoms with Gasteiger partial charge in [0.15, 0.2) is 5.13 Å². The van der Waals surface area contributed by atoms with E-state index in [0.29, 0.717) is 50.0 Å². The zero-order chi connectivity index (χ0) is 20.4. The van der Waals surface area contributed by atoms with Crippen LogP contribution in [0.3, 0.4) is 0 Å². The summed E-state index contributed by atoms with van der Waals surface area (Å²) in [5.41, 5.74) is 7.18. The Morgan fingerprint density at radius 2 is 1.97 bits per heavy atom. The van der Waals surface area contributed by atoms with Crippen LogP contribution in [0.2, 0.25) is 0 Å². The Balaban J connectivity index is 1.53.